The van der Waals surface area contributed by atoms with Crippen molar-refractivity contribution < 1.29 is 0 Å². The summed E-state index contributed by atoms with van der Waals surface area (Å²) < 4.78 is 0. The molecule has 3 rings (SSSR count). The number of hydrogen-bond acceptors (Lipinski definition) is 0. The summed E-state index contributed by atoms with van der Waals surface area (Å²) in [6.45, 7) is 11.8. The fourth-order valence-electron chi connectivity index (χ4n) is 5.12. The van der Waals surface area contributed by atoms with Crippen LogP contribution < -0.4 is 0 Å². The minimum Gasteiger partial charge on any atom is -0.0990 e. The Morgan fingerprint density at radius 3 is 2.67 bits per heavy atom. The van der Waals surface area contributed by atoms with Crippen molar-refractivity contribution in [3.8, 4) is 0 Å². The molecule has 2 bridgehead atoms. The Labute approximate surface area is 94.1 Å². The fourth-order valence-corrected chi connectivity index (χ4v) is 5.12. The fraction of sp³-hybridized carbons (Fsp3) is 0.867. The number of rotatable bonds is 1. The van der Waals surface area contributed by atoms with E-state index >= 15 is 0 Å². The van der Waals surface area contributed by atoms with E-state index in [-0.39, 0.29) is 0 Å². The molecule has 3 saturated carbocycles. The van der Waals surface area contributed by atoms with Crippen LogP contribution in [0, 0.1) is 35.0 Å². The Morgan fingerprint density at radius 2 is 2.07 bits per heavy atom. The molecule has 0 saturated heterocycles. The van der Waals surface area contributed by atoms with Gasteiger partial charge >= 0.3 is 0 Å². The molecule has 0 aromatic carbocycles. The summed E-state index contributed by atoms with van der Waals surface area (Å²) in [5.41, 5.74) is 2.16. The minimum absolute atomic E-state index is 0.541. The van der Waals surface area contributed by atoms with Gasteiger partial charge in [-0.3, -0.25) is 0 Å². The van der Waals surface area contributed by atoms with Crippen molar-refractivity contribution in [1.82, 2.24) is 0 Å². The first-order valence-corrected chi connectivity index (χ1v) is 6.73. The third-order valence-corrected chi connectivity index (χ3v) is 6.06. The summed E-state index contributed by atoms with van der Waals surface area (Å²) in [7, 11) is 0. The Balaban J connectivity index is 1.93. The second-order valence-corrected chi connectivity index (χ2v) is 6.83. The van der Waals surface area contributed by atoms with Crippen LogP contribution in [0.3, 0.4) is 0 Å². The van der Waals surface area contributed by atoms with Gasteiger partial charge < -0.3 is 0 Å². The van der Waals surface area contributed by atoms with Crippen molar-refractivity contribution in [1.29, 1.82) is 0 Å². The van der Waals surface area contributed by atoms with Gasteiger partial charge in [0.05, 0.1) is 0 Å². The SMILES string of the molecule is C=C1[C@@H]2C[C@H]3[C@@H](C2)[C@]1(C)CC[C@H]3C(C)C. The molecule has 0 N–H and O–H groups in total. The average molecular weight is 204 g/mol. The van der Waals surface area contributed by atoms with Gasteiger partial charge in [-0.25, -0.2) is 0 Å². The second-order valence-electron chi connectivity index (χ2n) is 6.83. The van der Waals surface area contributed by atoms with Crippen molar-refractivity contribution in [2.45, 2.75) is 46.5 Å². The lowest BCUT2D eigenvalue weighted by atomic mass is 9.55. The summed E-state index contributed by atoms with van der Waals surface area (Å²) in [6.07, 6.45) is 5.83. The van der Waals surface area contributed by atoms with E-state index in [1.807, 2.05) is 0 Å². The quantitative estimate of drug-likeness (QED) is 0.559. The molecule has 0 aromatic heterocycles. The first kappa shape index (κ1) is 9.93. The van der Waals surface area contributed by atoms with Crippen LogP contribution in [0.25, 0.3) is 0 Å². The molecule has 0 unspecified atom stereocenters. The van der Waals surface area contributed by atoms with Crippen LogP contribution in [0.2, 0.25) is 0 Å². The molecule has 3 aliphatic rings. The van der Waals surface area contributed by atoms with Crippen LogP contribution in [-0.2, 0) is 0 Å². The molecule has 0 aromatic rings. The van der Waals surface area contributed by atoms with Crippen molar-refractivity contribution in [2.75, 3.05) is 0 Å². The van der Waals surface area contributed by atoms with E-state index in [0.717, 1.165) is 29.6 Å². The summed E-state index contributed by atoms with van der Waals surface area (Å²) in [5.74, 6) is 4.84. The number of allylic oxidation sites excluding steroid dienone is 1. The van der Waals surface area contributed by atoms with Crippen LogP contribution in [-0.4, -0.2) is 0 Å². The molecule has 0 radical (unpaired) electrons. The zero-order chi connectivity index (χ0) is 10.8. The Hall–Kier alpha value is -0.260. The highest BCUT2D eigenvalue weighted by atomic mass is 14.6. The summed E-state index contributed by atoms with van der Waals surface area (Å²) in [6, 6.07) is 0. The summed E-state index contributed by atoms with van der Waals surface area (Å²) in [5, 5.41) is 0. The molecule has 15 heavy (non-hydrogen) atoms. The normalized spacial score (nSPS) is 52.9. The van der Waals surface area contributed by atoms with E-state index in [9.17, 15) is 0 Å². The predicted molar refractivity (Wildman–Crippen MR) is 64.5 cm³/mol. The summed E-state index contributed by atoms with van der Waals surface area (Å²) >= 11 is 0. The van der Waals surface area contributed by atoms with Gasteiger partial charge in [0.15, 0.2) is 0 Å². The van der Waals surface area contributed by atoms with Crippen LogP contribution in [0.1, 0.15) is 46.5 Å². The molecule has 3 aliphatic carbocycles. The third-order valence-electron chi connectivity index (χ3n) is 6.06. The molecule has 0 heterocycles. The Kier molecular flexibility index (Phi) is 1.92. The van der Waals surface area contributed by atoms with Gasteiger partial charge in [0, 0.05) is 0 Å². The van der Waals surface area contributed by atoms with Crippen molar-refractivity contribution >= 4 is 0 Å². The lowest BCUT2D eigenvalue weighted by Crippen LogP contribution is -2.42. The molecule has 0 nitrogen and oxygen atoms in total. The van der Waals surface area contributed by atoms with E-state index in [1.54, 1.807) is 5.57 Å². The Morgan fingerprint density at radius 1 is 1.33 bits per heavy atom. The van der Waals surface area contributed by atoms with E-state index < -0.39 is 0 Å². The highest BCUT2D eigenvalue weighted by Crippen LogP contribution is 2.68. The molecule has 84 valence electrons. The second kappa shape index (κ2) is 2.90. The van der Waals surface area contributed by atoms with E-state index in [0.29, 0.717) is 5.41 Å². The van der Waals surface area contributed by atoms with Gasteiger partial charge in [-0.2, -0.15) is 0 Å². The highest BCUT2D eigenvalue weighted by molar-refractivity contribution is 5.27. The number of fused-ring (bicyclic) bond motifs is 1. The maximum Gasteiger partial charge on any atom is -0.00850 e. The summed E-state index contributed by atoms with van der Waals surface area (Å²) in [4.78, 5) is 0. The highest BCUT2D eigenvalue weighted by Gasteiger charge is 2.59. The zero-order valence-corrected chi connectivity index (χ0v) is 10.4. The van der Waals surface area contributed by atoms with E-state index in [2.05, 4.69) is 27.4 Å². The van der Waals surface area contributed by atoms with Crippen LogP contribution in [0.4, 0.5) is 0 Å². The predicted octanol–water partition coefficient (Wildman–Crippen LogP) is 4.27. The van der Waals surface area contributed by atoms with Gasteiger partial charge in [-0.05, 0) is 60.7 Å². The number of hydrogen-bond donors (Lipinski definition) is 0. The molecule has 0 spiro atoms. The van der Waals surface area contributed by atoms with Gasteiger partial charge in [0.25, 0.3) is 0 Å². The maximum absolute atomic E-state index is 4.40. The lowest BCUT2D eigenvalue weighted by Gasteiger charge is -2.50. The lowest BCUT2D eigenvalue weighted by molar-refractivity contribution is 0.0372. The average Bonchev–Trinajstić information content (AvgIpc) is 2.69. The molecular weight excluding hydrogens is 180 g/mol. The van der Waals surface area contributed by atoms with Crippen LogP contribution in [0.5, 0.6) is 0 Å². The molecular formula is C15H24. The van der Waals surface area contributed by atoms with E-state index in [4.69, 9.17) is 0 Å². The third kappa shape index (κ3) is 1.09. The molecule has 0 heteroatoms. The standard InChI is InChI=1S/C15H24/c1-9(2)12-5-6-15(4)10(3)11-7-13(12)14(15)8-11/h9,11-14H,3,5-8H2,1-2,4H3/t11-,12+,13-,14-,15-/m1/s1. The van der Waals surface area contributed by atoms with Crippen molar-refractivity contribution in [3.63, 3.8) is 0 Å². The van der Waals surface area contributed by atoms with Gasteiger partial charge in [-0.1, -0.05) is 32.9 Å². The topological polar surface area (TPSA) is 0 Å². The monoisotopic (exact) mass is 204 g/mol. The first-order chi connectivity index (χ1) is 7.04. The Bertz CT molecular complexity index is 301. The smallest absolute Gasteiger partial charge is 0.00850 e. The maximum atomic E-state index is 4.40. The molecule has 0 amide bonds. The van der Waals surface area contributed by atoms with Gasteiger partial charge in [-0.15, -0.1) is 0 Å². The van der Waals surface area contributed by atoms with Crippen LogP contribution >= 0.6 is 0 Å². The van der Waals surface area contributed by atoms with Crippen molar-refractivity contribution in [2.24, 2.45) is 35.0 Å². The van der Waals surface area contributed by atoms with Crippen LogP contribution in [0.15, 0.2) is 12.2 Å². The largest absolute Gasteiger partial charge is 0.0990 e. The first-order valence-electron chi connectivity index (χ1n) is 6.73. The van der Waals surface area contributed by atoms with Gasteiger partial charge in [0.1, 0.15) is 0 Å². The van der Waals surface area contributed by atoms with E-state index in [1.165, 1.54) is 25.7 Å². The van der Waals surface area contributed by atoms with Gasteiger partial charge in [0.2, 0.25) is 0 Å². The van der Waals surface area contributed by atoms with Crippen molar-refractivity contribution in [3.05, 3.63) is 12.2 Å². The molecule has 5 atom stereocenters. The minimum atomic E-state index is 0.541. The zero-order valence-electron chi connectivity index (χ0n) is 10.4. The molecule has 0 aliphatic heterocycles. The molecule has 3 fully saturated rings.